The first-order valence-corrected chi connectivity index (χ1v) is 4.51. The SMILES string of the molecule is CCOC(=O)CC1CC(=O)CCO1. The van der Waals surface area contributed by atoms with Crippen LogP contribution in [0.5, 0.6) is 0 Å². The molecular formula is C9H14O4. The summed E-state index contributed by atoms with van der Waals surface area (Å²) in [7, 11) is 0. The minimum atomic E-state index is -0.290. The fourth-order valence-corrected chi connectivity index (χ4v) is 1.29. The number of ether oxygens (including phenoxy) is 2. The van der Waals surface area contributed by atoms with Gasteiger partial charge in [-0.15, -0.1) is 0 Å². The van der Waals surface area contributed by atoms with Gasteiger partial charge in [0.2, 0.25) is 0 Å². The van der Waals surface area contributed by atoms with Gasteiger partial charge in [-0.3, -0.25) is 9.59 Å². The first-order chi connectivity index (χ1) is 6.22. The number of ketones is 1. The third-order valence-corrected chi connectivity index (χ3v) is 1.89. The molecular weight excluding hydrogens is 172 g/mol. The molecule has 0 aromatic carbocycles. The summed E-state index contributed by atoms with van der Waals surface area (Å²) < 4.78 is 9.99. The average Bonchev–Trinajstić information content (AvgIpc) is 2.04. The number of hydrogen-bond acceptors (Lipinski definition) is 4. The van der Waals surface area contributed by atoms with Crippen LogP contribution >= 0.6 is 0 Å². The zero-order valence-electron chi connectivity index (χ0n) is 7.75. The number of Topliss-reactive ketones (excluding diaryl/α,β-unsaturated/α-hetero) is 1. The van der Waals surface area contributed by atoms with Crippen molar-refractivity contribution in [2.75, 3.05) is 13.2 Å². The Labute approximate surface area is 77.2 Å². The molecule has 1 aliphatic heterocycles. The molecule has 0 spiro atoms. The van der Waals surface area contributed by atoms with Crippen LogP contribution in [0, 0.1) is 0 Å². The van der Waals surface area contributed by atoms with Crippen molar-refractivity contribution in [1.82, 2.24) is 0 Å². The summed E-state index contributed by atoms with van der Waals surface area (Å²) in [5, 5.41) is 0. The standard InChI is InChI=1S/C9H14O4/c1-2-12-9(11)6-8-5-7(10)3-4-13-8/h8H,2-6H2,1H3. The monoisotopic (exact) mass is 186 g/mol. The van der Waals surface area contributed by atoms with Gasteiger partial charge in [-0.1, -0.05) is 0 Å². The van der Waals surface area contributed by atoms with E-state index in [1.165, 1.54) is 0 Å². The van der Waals surface area contributed by atoms with Crippen LogP contribution < -0.4 is 0 Å². The first kappa shape index (κ1) is 10.2. The molecule has 1 heterocycles. The second kappa shape index (κ2) is 4.97. The summed E-state index contributed by atoms with van der Waals surface area (Å²) in [5.74, 6) is -0.122. The third kappa shape index (κ3) is 3.55. The van der Waals surface area contributed by atoms with Crippen molar-refractivity contribution in [1.29, 1.82) is 0 Å². The van der Waals surface area contributed by atoms with Crippen LogP contribution in [0.4, 0.5) is 0 Å². The number of rotatable bonds is 3. The Morgan fingerprint density at radius 3 is 3.08 bits per heavy atom. The zero-order valence-corrected chi connectivity index (χ0v) is 7.75. The van der Waals surface area contributed by atoms with Crippen LogP contribution in [0.2, 0.25) is 0 Å². The van der Waals surface area contributed by atoms with Gasteiger partial charge in [-0.05, 0) is 6.92 Å². The van der Waals surface area contributed by atoms with Crippen molar-refractivity contribution in [2.45, 2.75) is 32.3 Å². The molecule has 4 heteroatoms. The van der Waals surface area contributed by atoms with E-state index >= 15 is 0 Å². The van der Waals surface area contributed by atoms with Crippen LogP contribution in [0.3, 0.4) is 0 Å². The molecule has 1 fully saturated rings. The van der Waals surface area contributed by atoms with Crippen LogP contribution in [-0.4, -0.2) is 31.1 Å². The van der Waals surface area contributed by atoms with E-state index in [1.54, 1.807) is 6.92 Å². The van der Waals surface area contributed by atoms with E-state index in [1.807, 2.05) is 0 Å². The molecule has 13 heavy (non-hydrogen) atoms. The normalized spacial score (nSPS) is 22.8. The second-order valence-corrected chi connectivity index (χ2v) is 2.99. The van der Waals surface area contributed by atoms with E-state index in [4.69, 9.17) is 9.47 Å². The summed E-state index contributed by atoms with van der Waals surface area (Å²) in [4.78, 5) is 22.0. The fraction of sp³-hybridized carbons (Fsp3) is 0.778. The second-order valence-electron chi connectivity index (χ2n) is 2.99. The molecule has 1 saturated heterocycles. The lowest BCUT2D eigenvalue weighted by molar-refractivity contribution is -0.148. The Hall–Kier alpha value is -0.900. The van der Waals surface area contributed by atoms with Gasteiger partial charge in [0.15, 0.2) is 0 Å². The number of carbonyl (C=O) groups excluding carboxylic acids is 2. The van der Waals surface area contributed by atoms with Gasteiger partial charge in [-0.2, -0.15) is 0 Å². The van der Waals surface area contributed by atoms with Gasteiger partial charge in [0.1, 0.15) is 5.78 Å². The van der Waals surface area contributed by atoms with Crippen LogP contribution in [0.1, 0.15) is 26.2 Å². The Morgan fingerprint density at radius 1 is 1.69 bits per heavy atom. The van der Waals surface area contributed by atoms with Crippen LogP contribution in [-0.2, 0) is 19.1 Å². The smallest absolute Gasteiger partial charge is 0.308 e. The van der Waals surface area contributed by atoms with E-state index in [9.17, 15) is 9.59 Å². The molecule has 0 N–H and O–H groups in total. The molecule has 0 aromatic rings. The van der Waals surface area contributed by atoms with Crippen molar-refractivity contribution in [2.24, 2.45) is 0 Å². The molecule has 0 radical (unpaired) electrons. The highest BCUT2D eigenvalue weighted by Crippen LogP contribution is 2.13. The highest BCUT2D eigenvalue weighted by Gasteiger charge is 2.22. The predicted octanol–water partition coefficient (Wildman–Crippen LogP) is 0.688. The van der Waals surface area contributed by atoms with Gasteiger partial charge in [0.25, 0.3) is 0 Å². The molecule has 1 atom stereocenters. The Morgan fingerprint density at radius 2 is 2.46 bits per heavy atom. The highest BCUT2D eigenvalue weighted by atomic mass is 16.5. The van der Waals surface area contributed by atoms with E-state index < -0.39 is 0 Å². The summed E-state index contributed by atoms with van der Waals surface area (Å²) in [6.45, 7) is 2.56. The Balaban J connectivity index is 2.27. The summed E-state index contributed by atoms with van der Waals surface area (Å²) in [6.07, 6.45) is 0.748. The van der Waals surface area contributed by atoms with Crippen LogP contribution in [0.15, 0.2) is 0 Å². The van der Waals surface area contributed by atoms with Crippen molar-refractivity contribution in [3.8, 4) is 0 Å². The molecule has 0 saturated carbocycles. The molecule has 4 nitrogen and oxygen atoms in total. The van der Waals surface area contributed by atoms with Crippen LogP contribution in [0.25, 0.3) is 0 Å². The lowest BCUT2D eigenvalue weighted by Gasteiger charge is -2.20. The summed E-state index contributed by atoms with van der Waals surface area (Å²) in [6, 6.07) is 0. The summed E-state index contributed by atoms with van der Waals surface area (Å²) in [5.41, 5.74) is 0. The topological polar surface area (TPSA) is 52.6 Å². The Bertz CT molecular complexity index is 200. The van der Waals surface area contributed by atoms with Crippen molar-refractivity contribution >= 4 is 11.8 Å². The molecule has 0 bridgehead atoms. The molecule has 1 aliphatic rings. The number of carbonyl (C=O) groups is 2. The maximum absolute atomic E-state index is 11.0. The van der Waals surface area contributed by atoms with E-state index in [0.29, 0.717) is 26.1 Å². The molecule has 1 unspecified atom stereocenters. The maximum Gasteiger partial charge on any atom is 0.308 e. The number of esters is 1. The minimum Gasteiger partial charge on any atom is -0.466 e. The lowest BCUT2D eigenvalue weighted by Crippen LogP contribution is -2.28. The molecule has 0 aliphatic carbocycles. The van der Waals surface area contributed by atoms with Gasteiger partial charge >= 0.3 is 5.97 Å². The molecule has 1 rings (SSSR count). The average molecular weight is 186 g/mol. The highest BCUT2D eigenvalue weighted by molar-refractivity contribution is 5.80. The van der Waals surface area contributed by atoms with E-state index in [-0.39, 0.29) is 24.3 Å². The Kier molecular flexibility index (Phi) is 3.89. The predicted molar refractivity (Wildman–Crippen MR) is 45.2 cm³/mol. The van der Waals surface area contributed by atoms with E-state index in [0.717, 1.165) is 0 Å². The van der Waals surface area contributed by atoms with Crippen molar-refractivity contribution in [3.63, 3.8) is 0 Å². The molecule has 0 aromatic heterocycles. The van der Waals surface area contributed by atoms with Gasteiger partial charge < -0.3 is 9.47 Å². The van der Waals surface area contributed by atoms with E-state index in [2.05, 4.69) is 0 Å². The first-order valence-electron chi connectivity index (χ1n) is 4.51. The number of hydrogen-bond donors (Lipinski definition) is 0. The quantitative estimate of drug-likeness (QED) is 0.608. The van der Waals surface area contributed by atoms with Gasteiger partial charge in [0.05, 0.1) is 25.7 Å². The lowest BCUT2D eigenvalue weighted by atomic mass is 10.1. The molecule has 0 amide bonds. The zero-order chi connectivity index (χ0) is 9.68. The maximum atomic E-state index is 11.0. The largest absolute Gasteiger partial charge is 0.466 e. The minimum absolute atomic E-state index is 0.167. The summed E-state index contributed by atoms with van der Waals surface area (Å²) >= 11 is 0. The van der Waals surface area contributed by atoms with Gasteiger partial charge in [0, 0.05) is 12.8 Å². The van der Waals surface area contributed by atoms with Crippen molar-refractivity contribution < 1.29 is 19.1 Å². The third-order valence-electron chi connectivity index (χ3n) is 1.89. The fourth-order valence-electron chi connectivity index (χ4n) is 1.29. The molecule has 74 valence electrons. The van der Waals surface area contributed by atoms with Crippen molar-refractivity contribution in [3.05, 3.63) is 0 Å². The van der Waals surface area contributed by atoms with Gasteiger partial charge in [-0.25, -0.2) is 0 Å².